The zero-order valence-corrected chi connectivity index (χ0v) is 15.6. The van der Waals surface area contributed by atoms with Gasteiger partial charge < -0.3 is 19.5 Å². The molecule has 2 fully saturated rings. The second kappa shape index (κ2) is 7.03. The first-order valence-electron chi connectivity index (χ1n) is 9.59. The largest absolute Gasteiger partial charge is 0.480 e. The van der Waals surface area contributed by atoms with Gasteiger partial charge in [0, 0.05) is 19.5 Å². The quantitative estimate of drug-likeness (QED) is 0.869. The highest BCUT2D eigenvalue weighted by molar-refractivity contribution is 5.84. The monoisotopic (exact) mass is 374 g/mol. The molecule has 1 aromatic carbocycles. The van der Waals surface area contributed by atoms with Gasteiger partial charge in [0.05, 0.1) is 0 Å². The summed E-state index contributed by atoms with van der Waals surface area (Å²) in [5, 5.41) is 9.29. The van der Waals surface area contributed by atoms with Crippen LogP contribution in [-0.2, 0) is 16.1 Å². The van der Waals surface area contributed by atoms with E-state index in [4.69, 9.17) is 9.47 Å². The molecule has 3 aliphatic rings. The molecule has 3 aliphatic heterocycles. The summed E-state index contributed by atoms with van der Waals surface area (Å²) in [6.45, 7) is 5.23. The maximum Gasteiger partial charge on any atom is 0.326 e. The molecule has 0 radical (unpaired) electrons. The number of hydrogen-bond acceptors (Lipinski definition) is 5. The fraction of sp³-hybridized carbons (Fsp3) is 0.600. The smallest absolute Gasteiger partial charge is 0.326 e. The van der Waals surface area contributed by atoms with Crippen molar-refractivity contribution in [2.45, 2.75) is 45.2 Å². The fourth-order valence-electron chi connectivity index (χ4n) is 4.42. The molecule has 7 heteroatoms. The van der Waals surface area contributed by atoms with Crippen LogP contribution in [-0.4, -0.2) is 59.3 Å². The number of piperidine rings is 2. The number of likely N-dealkylation sites (tertiary alicyclic amines) is 2. The lowest BCUT2D eigenvalue weighted by molar-refractivity contribution is -0.155. The highest BCUT2D eigenvalue weighted by atomic mass is 16.7. The van der Waals surface area contributed by atoms with Gasteiger partial charge in [-0.15, -0.1) is 0 Å². The van der Waals surface area contributed by atoms with Crippen LogP contribution in [0.15, 0.2) is 18.2 Å². The van der Waals surface area contributed by atoms with Crippen molar-refractivity contribution in [2.24, 2.45) is 5.41 Å². The number of benzene rings is 1. The van der Waals surface area contributed by atoms with Crippen molar-refractivity contribution < 1.29 is 24.2 Å². The number of carbonyl (C=O) groups is 2. The molecule has 27 heavy (non-hydrogen) atoms. The van der Waals surface area contributed by atoms with Crippen LogP contribution in [0.5, 0.6) is 11.5 Å². The Morgan fingerprint density at radius 3 is 2.70 bits per heavy atom. The van der Waals surface area contributed by atoms with E-state index in [-0.39, 0.29) is 18.1 Å². The predicted molar refractivity (Wildman–Crippen MR) is 97.6 cm³/mol. The summed E-state index contributed by atoms with van der Waals surface area (Å²) in [5.41, 5.74) is 1.26. The van der Waals surface area contributed by atoms with Crippen LogP contribution in [0.25, 0.3) is 0 Å². The van der Waals surface area contributed by atoms with Crippen molar-refractivity contribution in [2.75, 3.05) is 26.4 Å². The average molecular weight is 374 g/mol. The number of hydrogen-bond donors (Lipinski definition) is 1. The van der Waals surface area contributed by atoms with Gasteiger partial charge in [-0.3, -0.25) is 9.69 Å². The number of carboxylic acids is 1. The molecule has 0 aromatic heterocycles. The normalized spacial score (nSPS) is 22.9. The molecule has 1 spiro atoms. The molecular weight excluding hydrogens is 348 g/mol. The van der Waals surface area contributed by atoms with E-state index >= 15 is 0 Å². The lowest BCUT2D eigenvalue weighted by Gasteiger charge is -2.48. The standard InChI is InChI=1S/C20H26N2O5/c1-14(19(24)25)22-12-20(5-4-18(22)23)6-8-21(9-7-20)11-15-2-3-16-17(10-15)27-13-26-16/h2-3,10,14H,4-9,11-13H2,1H3,(H,24,25)/t14-/m0/s1. The Kier molecular flexibility index (Phi) is 4.72. The van der Waals surface area contributed by atoms with Crippen LogP contribution >= 0.6 is 0 Å². The lowest BCUT2D eigenvalue weighted by atomic mass is 9.72. The van der Waals surface area contributed by atoms with Crippen molar-refractivity contribution in [3.05, 3.63) is 23.8 Å². The van der Waals surface area contributed by atoms with Gasteiger partial charge in [-0.2, -0.15) is 0 Å². The average Bonchev–Trinajstić information content (AvgIpc) is 3.13. The Labute approximate surface area is 158 Å². The van der Waals surface area contributed by atoms with Crippen LogP contribution < -0.4 is 9.47 Å². The highest BCUT2D eigenvalue weighted by Gasteiger charge is 2.43. The molecule has 146 valence electrons. The van der Waals surface area contributed by atoms with Gasteiger partial charge >= 0.3 is 5.97 Å². The van der Waals surface area contributed by atoms with E-state index in [2.05, 4.69) is 11.0 Å². The van der Waals surface area contributed by atoms with Gasteiger partial charge in [-0.1, -0.05) is 6.07 Å². The van der Waals surface area contributed by atoms with Gasteiger partial charge in [0.15, 0.2) is 11.5 Å². The van der Waals surface area contributed by atoms with Gasteiger partial charge in [-0.25, -0.2) is 4.79 Å². The molecule has 0 bridgehead atoms. The molecule has 0 aliphatic carbocycles. The first-order chi connectivity index (χ1) is 13.0. The second-order valence-corrected chi connectivity index (χ2v) is 8.00. The van der Waals surface area contributed by atoms with Crippen LogP contribution in [0.1, 0.15) is 38.2 Å². The summed E-state index contributed by atoms with van der Waals surface area (Å²) in [7, 11) is 0. The van der Waals surface area contributed by atoms with E-state index in [0.29, 0.717) is 13.0 Å². The summed E-state index contributed by atoms with van der Waals surface area (Å²) in [5.74, 6) is 0.653. The van der Waals surface area contributed by atoms with Crippen molar-refractivity contribution in [3.8, 4) is 11.5 Å². The second-order valence-electron chi connectivity index (χ2n) is 8.00. The minimum Gasteiger partial charge on any atom is -0.480 e. The third-order valence-electron chi connectivity index (χ3n) is 6.28. The SMILES string of the molecule is C[C@@H](C(=O)O)N1CC2(CCC1=O)CCN(Cc1ccc3c(c1)OCO3)CC2. The number of carboxylic acid groups (broad SMARTS) is 1. The summed E-state index contributed by atoms with van der Waals surface area (Å²) in [6.07, 6.45) is 3.31. The van der Waals surface area contributed by atoms with Crippen molar-refractivity contribution in [1.29, 1.82) is 0 Å². The zero-order valence-electron chi connectivity index (χ0n) is 15.6. The maximum atomic E-state index is 12.2. The van der Waals surface area contributed by atoms with Crippen molar-refractivity contribution >= 4 is 11.9 Å². The highest BCUT2D eigenvalue weighted by Crippen LogP contribution is 2.41. The van der Waals surface area contributed by atoms with E-state index < -0.39 is 12.0 Å². The van der Waals surface area contributed by atoms with E-state index in [1.807, 2.05) is 12.1 Å². The Hall–Kier alpha value is -2.28. The fourth-order valence-corrected chi connectivity index (χ4v) is 4.42. The summed E-state index contributed by atoms with van der Waals surface area (Å²) in [6, 6.07) is 5.33. The van der Waals surface area contributed by atoms with E-state index in [1.165, 1.54) is 5.56 Å². The van der Waals surface area contributed by atoms with Gasteiger partial charge in [-0.05, 0) is 62.4 Å². The number of aliphatic carboxylic acids is 1. The summed E-state index contributed by atoms with van der Waals surface area (Å²) < 4.78 is 10.8. The minimum absolute atomic E-state index is 0.0293. The minimum atomic E-state index is -0.930. The van der Waals surface area contributed by atoms with Crippen LogP contribution in [0, 0.1) is 5.41 Å². The van der Waals surface area contributed by atoms with E-state index in [1.54, 1.807) is 11.8 Å². The summed E-state index contributed by atoms with van der Waals surface area (Å²) >= 11 is 0. The number of ether oxygens (including phenoxy) is 2. The molecule has 1 atom stereocenters. The molecule has 1 aromatic rings. The maximum absolute atomic E-state index is 12.2. The molecule has 3 heterocycles. The molecule has 0 saturated carbocycles. The predicted octanol–water partition coefficient (Wildman–Crippen LogP) is 2.09. The molecule has 4 rings (SSSR count). The molecule has 2 saturated heterocycles. The van der Waals surface area contributed by atoms with E-state index in [0.717, 1.165) is 50.4 Å². The number of rotatable bonds is 4. The first-order valence-corrected chi connectivity index (χ1v) is 9.59. The van der Waals surface area contributed by atoms with Gasteiger partial charge in [0.2, 0.25) is 12.7 Å². The third-order valence-corrected chi connectivity index (χ3v) is 6.28. The van der Waals surface area contributed by atoms with Crippen molar-refractivity contribution in [1.82, 2.24) is 9.80 Å². The Balaban J connectivity index is 1.36. The van der Waals surface area contributed by atoms with Crippen LogP contribution in [0.3, 0.4) is 0 Å². The van der Waals surface area contributed by atoms with Crippen LogP contribution in [0.4, 0.5) is 0 Å². The number of nitrogens with zero attached hydrogens (tertiary/aromatic N) is 2. The van der Waals surface area contributed by atoms with Crippen molar-refractivity contribution in [3.63, 3.8) is 0 Å². The Morgan fingerprint density at radius 1 is 1.22 bits per heavy atom. The zero-order chi connectivity index (χ0) is 19.0. The van der Waals surface area contributed by atoms with E-state index in [9.17, 15) is 14.7 Å². The molecule has 0 unspecified atom stereocenters. The molecular formula is C20H26N2O5. The molecule has 7 nitrogen and oxygen atoms in total. The number of amides is 1. The summed E-state index contributed by atoms with van der Waals surface area (Å²) in [4.78, 5) is 27.5. The Bertz CT molecular complexity index is 742. The van der Waals surface area contributed by atoms with Crippen LogP contribution in [0.2, 0.25) is 0 Å². The number of fused-ring (bicyclic) bond motifs is 1. The third kappa shape index (κ3) is 3.60. The van der Waals surface area contributed by atoms with Gasteiger partial charge in [0.1, 0.15) is 6.04 Å². The topological polar surface area (TPSA) is 79.3 Å². The lowest BCUT2D eigenvalue weighted by Crippen LogP contribution is -2.55. The molecule has 1 amide bonds. The number of carbonyl (C=O) groups excluding carboxylic acids is 1. The Morgan fingerprint density at radius 2 is 1.96 bits per heavy atom. The molecule has 1 N–H and O–H groups in total. The first kappa shape index (κ1) is 18.1. The van der Waals surface area contributed by atoms with Gasteiger partial charge in [0.25, 0.3) is 0 Å².